The van der Waals surface area contributed by atoms with Crippen LogP contribution in [0.15, 0.2) is 0 Å². The number of anilines is 1. The molecule has 1 aromatic heterocycles. The van der Waals surface area contributed by atoms with Crippen molar-refractivity contribution in [2.24, 2.45) is 0 Å². The fraction of sp³-hybridized carbons (Fsp3) is 0.700. The van der Waals surface area contributed by atoms with Gasteiger partial charge in [-0.3, -0.25) is 10.1 Å². The van der Waals surface area contributed by atoms with Crippen molar-refractivity contribution in [3.05, 3.63) is 5.01 Å². The molecule has 6 nitrogen and oxygen atoms in total. The van der Waals surface area contributed by atoms with Gasteiger partial charge >= 0.3 is 0 Å². The fourth-order valence-corrected chi connectivity index (χ4v) is 1.83. The molecule has 0 aromatic carbocycles. The zero-order valence-corrected chi connectivity index (χ0v) is 11.0. The summed E-state index contributed by atoms with van der Waals surface area (Å²) in [5, 5.41) is 13.7. The molecular formula is C10H19N4O2S+. The maximum atomic E-state index is 11.5. The molecule has 17 heavy (non-hydrogen) atoms. The average Bonchev–Trinajstić information content (AvgIpc) is 2.69. The molecule has 3 N–H and O–H groups in total. The molecule has 1 amide bonds. The van der Waals surface area contributed by atoms with E-state index in [-0.39, 0.29) is 5.91 Å². The third-order valence-corrected chi connectivity index (χ3v) is 2.76. The van der Waals surface area contributed by atoms with Gasteiger partial charge in [-0.05, 0) is 13.8 Å². The second-order valence-corrected chi connectivity index (χ2v) is 4.69. The van der Waals surface area contributed by atoms with Crippen molar-refractivity contribution in [3.63, 3.8) is 0 Å². The third-order valence-electron chi connectivity index (χ3n) is 2.00. The Labute approximate surface area is 105 Å². The van der Waals surface area contributed by atoms with Crippen molar-refractivity contribution in [2.75, 3.05) is 31.6 Å². The zero-order valence-electron chi connectivity index (χ0n) is 10.2. The molecule has 0 unspecified atom stereocenters. The molecule has 1 aromatic rings. The Morgan fingerprint density at radius 2 is 2.35 bits per heavy atom. The number of nitrogens with zero attached hydrogens (tertiary/aromatic N) is 2. The van der Waals surface area contributed by atoms with E-state index >= 15 is 0 Å². The number of carbonyl (C=O) groups excluding carboxylic acids is 1. The largest absolute Gasteiger partial charge is 0.382 e. The van der Waals surface area contributed by atoms with Crippen LogP contribution >= 0.6 is 11.3 Å². The Hall–Kier alpha value is -1.05. The van der Waals surface area contributed by atoms with Crippen LogP contribution < -0.4 is 10.6 Å². The van der Waals surface area contributed by atoms with Crippen molar-refractivity contribution in [3.8, 4) is 0 Å². The molecule has 96 valence electrons. The number of amides is 1. The van der Waals surface area contributed by atoms with E-state index in [1.54, 1.807) is 0 Å². The van der Waals surface area contributed by atoms with Crippen molar-refractivity contribution < 1.29 is 14.8 Å². The van der Waals surface area contributed by atoms with E-state index in [1.165, 1.54) is 11.3 Å². The van der Waals surface area contributed by atoms with Crippen LogP contribution in [-0.4, -0.2) is 42.4 Å². The van der Waals surface area contributed by atoms with Crippen molar-refractivity contribution in [1.29, 1.82) is 0 Å². The van der Waals surface area contributed by atoms with E-state index in [9.17, 15) is 4.79 Å². The number of quaternary nitrogens is 1. The number of rotatable bonds is 8. The number of hydrogen-bond acceptors (Lipinski definition) is 5. The molecule has 0 aliphatic carbocycles. The van der Waals surface area contributed by atoms with Crippen LogP contribution in [0.1, 0.15) is 18.4 Å². The van der Waals surface area contributed by atoms with Crippen LogP contribution in [0, 0.1) is 6.92 Å². The predicted molar refractivity (Wildman–Crippen MR) is 66.0 cm³/mol. The Kier molecular flexibility index (Phi) is 6.68. The highest BCUT2D eigenvalue weighted by atomic mass is 32.1. The van der Waals surface area contributed by atoms with Gasteiger partial charge in [-0.1, -0.05) is 11.3 Å². The second-order valence-electron chi connectivity index (χ2n) is 3.51. The van der Waals surface area contributed by atoms with Gasteiger partial charge in [-0.25, -0.2) is 0 Å². The van der Waals surface area contributed by atoms with Crippen LogP contribution in [0.2, 0.25) is 0 Å². The van der Waals surface area contributed by atoms with Crippen molar-refractivity contribution >= 4 is 22.4 Å². The number of ether oxygens (including phenoxy) is 1. The lowest BCUT2D eigenvalue weighted by Crippen LogP contribution is -2.86. The van der Waals surface area contributed by atoms with Gasteiger partial charge in [-0.15, -0.1) is 10.2 Å². The van der Waals surface area contributed by atoms with E-state index in [1.807, 2.05) is 19.2 Å². The standard InChI is InChI=1S/C10H18N4O2S/c1-3-16-6-4-5-11-7-9(15)12-10-14-13-8(2)17-10/h11H,3-7H2,1-2H3,(H,12,14,15)/p+1. The fourth-order valence-electron chi connectivity index (χ4n) is 1.22. The minimum atomic E-state index is -0.0439. The summed E-state index contributed by atoms with van der Waals surface area (Å²) in [5.74, 6) is -0.0439. The van der Waals surface area contributed by atoms with Crippen molar-refractivity contribution in [1.82, 2.24) is 10.2 Å². The summed E-state index contributed by atoms with van der Waals surface area (Å²) in [6.07, 6.45) is 0.957. The van der Waals surface area contributed by atoms with Gasteiger partial charge in [-0.2, -0.15) is 0 Å². The van der Waals surface area contributed by atoms with Crippen molar-refractivity contribution in [2.45, 2.75) is 20.3 Å². The highest BCUT2D eigenvalue weighted by Gasteiger charge is 2.07. The molecule has 0 aliphatic rings. The van der Waals surface area contributed by atoms with Crippen LogP contribution in [0.5, 0.6) is 0 Å². The maximum Gasteiger partial charge on any atom is 0.281 e. The summed E-state index contributed by atoms with van der Waals surface area (Å²) in [6, 6.07) is 0. The molecule has 0 radical (unpaired) electrons. The molecule has 0 bridgehead atoms. The van der Waals surface area contributed by atoms with Gasteiger partial charge in [0.2, 0.25) is 5.13 Å². The number of hydrogen-bond donors (Lipinski definition) is 2. The van der Waals surface area contributed by atoms with E-state index in [4.69, 9.17) is 4.74 Å². The maximum absolute atomic E-state index is 11.5. The molecule has 0 saturated carbocycles. The normalized spacial score (nSPS) is 10.5. The predicted octanol–water partition coefficient (Wildman–Crippen LogP) is -0.225. The Balaban J connectivity index is 2.05. The molecule has 0 aliphatic heterocycles. The summed E-state index contributed by atoms with van der Waals surface area (Å²) in [7, 11) is 0. The highest BCUT2D eigenvalue weighted by Crippen LogP contribution is 2.12. The highest BCUT2D eigenvalue weighted by molar-refractivity contribution is 7.15. The van der Waals surface area contributed by atoms with E-state index in [0.29, 0.717) is 11.7 Å². The molecule has 1 heterocycles. The number of aromatic nitrogens is 2. The monoisotopic (exact) mass is 259 g/mol. The number of carbonyl (C=O) groups is 1. The number of nitrogens with one attached hydrogen (secondary N) is 1. The third kappa shape index (κ3) is 6.30. The lowest BCUT2D eigenvalue weighted by atomic mass is 10.4. The lowest BCUT2D eigenvalue weighted by Gasteiger charge is -2.02. The summed E-state index contributed by atoms with van der Waals surface area (Å²) in [4.78, 5) is 11.5. The Morgan fingerprint density at radius 3 is 3.00 bits per heavy atom. The summed E-state index contributed by atoms with van der Waals surface area (Å²) >= 11 is 1.38. The Bertz CT molecular complexity index is 343. The Morgan fingerprint density at radius 1 is 1.53 bits per heavy atom. The lowest BCUT2D eigenvalue weighted by molar-refractivity contribution is -0.644. The van der Waals surface area contributed by atoms with Gasteiger partial charge in [0.25, 0.3) is 5.91 Å². The van der Waals surface area contributed by atoms with Crippen LogP contribution in [0.4, 0.5) is 5.13 Å². The number of nitrogens with two attached hydrogens (primary N) is 1. The van der Waals surface area contributed by atoms with Crippen LogP contribution in [-0.2, 0) is 9.53 Å². The minimum absolute atomic E-state index is 0.0439. The van der Waals surface area contributed by atoms with Gasteiger partial charge in [0.15, 0.2) is 6.54 Å². The summed E-state index contributed by atoms with van der Waals surface area (Å²) in [5.41, 5.74) is 0. The smallest absolute Gasteiger partial charge is 0.281 e. The average molecular weight is 259 g/mol. The topological polar surface area (TPSA) is 80.7 Å². The molecule has 0 fully saturated rings. The van der Waals surface area contributed by atoms with E-state index in [2.05, 4.69) is 15.5 Å². The first-order valence-electron chi connectivity index (χ1n) is 5.71. The molecule has 0 atom stereocenters. The van der Waals surface area contributed by atoms with Gasteiger partial charge in [0, 0.05) is 13.0 Å². The summed E-state index contributed by atoms with van der Waals surface area (Å²) < 4.78 is 5.20. The molecule has 7 heteroatoms. The first kappa shape index (κ1) is 14.0. The minimum Gasteiger partial charge on any atom is -0.382 e. The van der Waals surface area contributed by atoms with Crippen LogP contribution in [0.3, 0.4) is 0 Å². The van der Waals surface area contributed by atoms with Gasteiger partial charge < -0.3 is 10.1 Å². The molecule has 1 rings (SSSR count). The van der Waals surface area contributed by atoms with Gasteiger partial charge in [0.05, 0.1) is 13.2 Å². The van der Waals surface area contributed by atoms with Gasteiger partial charge in [0.1, 0.15) is 5.01 Å². The van der Waals surface area contributed by atoms with E-state index < -0.39 is 0 Å². The molecular weight excluding hydrogens is 240 g/mol. The first-order chi connectivity index (χ1) is 8.22. The quantitative estimate of drug-likeness (QED) is 0.632. The number of aryl methyl sites for hydroxylation is 1. The van der Waals surface area contributed by atoms with E-state index in [0.717, 1.165) is 31.2 Å². The zero-order chi connectivity index (χ0) is 12.5. The second kappa shape index (κ2) is 8.10. The SMILES string of the molecule is CCOCCC[NH2+]CC(=O)Nc1nnc(C)s1. The molecule has 0 spiro atoms. The summed E-state index contributed by atoms with van der Waals surface area (Å²) in [6.45, 7) is 6.63. The molecule has 0 saturated heterocycles. The first-order valence-corrected chi connectivity index (χ1v) is 6.53. The van der Waals surface area contributed by atoms with Crippen LogP contribution in [0.25, 0.3) is 0 Å².